The number of hydrogen-bond donors (Lipinski definition) is 1. The summed E-state index contributed by atoms with van der Waals surface area (Å²) in [6, 6.07) is 14.7. The van der Waals surface area contributed by atoms with E-state index in [1.54, 1.807) is 4.68 Å². The van der Waals surface area contributed by atoms with Crippen molar-refractivity contribution >= 4 is 23.5 Å². The molecular formula is C23H23ClN4O3. The summed E-state index contributed by atoms with van der Waals surface area (Å²) in [4.78, 5) is 17.1. The molecule has 0 spiro atoms. The van der Waals surface area contributed by atoms with E-state index < -0.39 is 6.04 Å². The average Bonchev–Trinajstić information content (AvgIpc) is 3.20. The number of rotatable bonds is 6. The summed E-state index contributed by atoms with van der Waals surface area (Å²) in [6.07, 6.45) is 1.23. The topological polar surface area (TPSA) is 78.3 Å². The number of aromatic nitrogens is 3. The molecule has 0 radical (unpaired) electrons. The molecule has 2 heterocycles. The molecule has 2 aromatic carbocycles. The molecule has 160 valence electrons. The Balaban J connectivity index is 1.60. The van der Waals surface area contributed by atoms with Gasteiger partial charge in [0.25, 0.3) is 0 Å². The van der Waals surface area contributed by atoms with E-state index in [0.717, 1.165) is 11.1 Å². The minimum Gasteiger partial charge on any atom is -0.489 e. The van der Waals surface area contributed by atoms with Gasteiger partial charge in [-0.25, -0.2) is 9.48 Å². The lowest BCUT2D eigenvalue weighted by molar-refractivity contribution is -0.143. The Morgan fingerprint density at radius 2 is 1.94 bits per heavy atom. The largest absolute Gasteiger partial charge is 0.489 e. The minimum atomic E-state index is -0.456. The second-order valence-corrected chi connectivity index (χ2v) is 7.90. The lowest BCUT2D eigenvalue weighted by Crippen LogP contribution is -2.30. The van der Waals surface area contributed by atoms with Crippen LogP contribution in [0.15, 0.2) is 66.1 Å². The summed E-state index contributed by atoms with van der Waals surface area (Å²) in [5.74, 6) is 0.885. The number of allylic oxidation sites excluding steroid dienone is 1. The van der Waals surface area contributed by atoms with E-state index >= 15 is 0 Å². The van der Waals surface area contributed by atoms with Crippen LogP contribution in [0.25, 0.3) is 0 Å². The van der Waals surface area contributed by atoms with Crippen LogP contribution in [0.3, 0.4) is 0 Å². The SMILES string of the molecule is CC1=C(C(=O)OC(C)C)[C@@H](c2ccc(OCc3ccccc3Cl)cc2)n2ncnc2N1. The van der Waals surface area contributed by atoms with Crippen molar-refractivity contribution < 1.29 is 14.3 Å². The standard InChI is InChI=1S/C23H23ClN4O3/c1-14(2)31-22(29)20-15(3)27-23-25-13-26-28(23)21(20)16-8-10-18(11-9-16)30-12-17-6-4-5-7-19(17)24/h4-11,13-14,21H,12H2,1-3H3,(H,25,26,27)/t21-/m1/s1. The minimum absolute atomic E-state index is 0.230. The number of benzene rings is 2. The fourth-order valence-electron chi connectivity index (χ4n) is 3.46. The molecule has 0 bridgehead atoms. The number of carbonyl (C=O) groups excluding carboxylic acids is 1. The molecule has 1 aliphatic rings. The molecule has 1 atom stereocenters. The summed E-state index contributed by atoms with van der Waals surface area (Å²) in [5.41, 5.74) is 2.97. The summed E-state index contributed by atoms with van der Waals surface area (Å²) in [5, 5.41) is 8.12. The molecule has 0 fully saturated rings. The van der Waals surface area contributed by atoms with Gasteiger partial charge in [0.1, 0.15) is 24.7 Å². The summed E-state index contributed by atoms with van der Waals surface area (Å²) < 4.78 is 13.1. The number of esters is 1. The van der Waals surface area contributed by atoms with Crippen molar-refractivity contribution in [3.05, 3.63) is 82.3 Å². The van der Waals surface area contributed by atoms with Crippen molar-refractivity contribution in [3.63, 3.8) is 0 Å². The number of fused-ring (bicyclic) bond motifs is 1. The fraction of sp³-hybridized carbons (Fsp3) is 0.261. The van der Waals surface area contributed by atoms with Crippen LogP contribution in [0, 0.1) is 0 Å². The van der Waals surface area contributed by atoms with E-state index in [2.05, 4.69) is 15.4 Å². The summed E-state index contributed by atoms with van der Waals surface area (Å²) >= 11 is 6.20. The molecule has 7 nitrogen and oxygen atoms in total. The van der Waals surface area contributed by atoms with E-state index in [1.807, 2.05) is 69.3 Å². The van der Waals surface area contributed by atoms with Crippen LogP contribution in [-0.2, 0) is 16.1 Å². The predicted molar refractivity (Wildman–Crippen MR) is 118 cm³/mol. The number of nitrogens with one attached hydrogen (secondary N) is 1. The van der Waals surface area contributed by atoms with E-state index in [9.17, 15) is 4.79 Å². The Labute approximate surface area is 185 Å². The van der Waals surface area contributed by atoms with Crippen molar-refractivity contribution in [2.75, 3.05) is 5.32 Å². The van der Waals surface area contributed by atoms with E-state index in [1.165, 1.54) is 6.33 Å². The highest BCUT2D eigenvalue weighted by atomic mass is 35.5. The molecule has 8 heteroatoms. The number of ether oxygens (including phenoxy) is 2. The van der Waals surface area contributed by atoms with Crippen LogP contribution in [0.2, 0.25) is 5.02 Å². The molecule has 1 aromatic heterocycles. The Bertz CT molecular complexity index is 1120. The van der Waals surface area contributed by atoms with Crippen LogP contribution in [0.5, 0.6) is 5.75 Å². The van der Waals surface area contributed by atoms with Crippen LogP contribution in [0.4, 0.5) is 5.95 Å². The Hall–Kier alpha value is -3.32. The van der Waals surface area contributed by atoms with Crippen LogP contribution in [0.1, 0.15) is 37.9 Å². The smallest absolute Gasteiger partial charge is 0.338 e. The van der Waals surface area contributed by atoms with Gasteiger partial charge in [-0.05, 0) is 44.5 Å². The molecule has 0 aliphatic carbocycles. The molecule has 0 amide bonds. The van der Waals surface area contributed by atoms with Gasteiger partial charge in [-0.2, -0.15) is 10.1 Å². The van der Waals surface area contributed by atoms with Crippen molar-refractivity contribution in [3.8, 4) is 5.75 Å². The van der Waals surface area contributed by atoms with Crippen LogP contribution < -0.4 is 10.1 Å². The van der Waals surface area contributed by atoms with Crippen LogP contribution >= 0.6 is 11.6 Å². The lowest BCUT2D eigenvalue weighted by Gasteiger charge is -2.28. The van der Waals surface area contributed by atoms with Gasteiger partial charge < -0.3 is 14.8 Å². The second-order valence-electron chi connectivity index (χ2n) is 7.50. The van der Waals surface area contributed by atoms with Gasteiger partial charge in [0, 0.05) is 16.3 Å². The van der Waals surface area contributed by atoms with Crippen LogP contribution in [-0.4, -0.2) is 26.8 Å². The average molecular weight is 439 g/mol. The van der Waals surface area contributed by atoms with Gasteiger partial charge in [0.15, 0.2) is 0 Å². The first-order chi connectivity index (χ1) is 14.9. The van der Waals surface area contributed by atoms with Gasteiger partial charge in [-0.15, -0.1) is 0 Å². The zero-order valence-electron chi connectivity index (χ0n) is 17.5. The first-order valence-corrected chi connectivity index (χ1v) is 10.4. The first-order valence-electron chi connectivity index (χ1n) is 9.98. The number of nitrogens with zero attached hydrogens (tertiary/aromatic N) is 3. The van der Waals surface area contributed by atoms with Gasteiger partial charge in [-0.1, -0.05) is 41.9 Å². The number of halogens is 1. The molecule has 1 aliphatic heterocycles. The number of carbonyl (C=O) groups is 1. The van der Waals surface area contributed by atoms with Gasteiger partial charge >= 0.3 is 5.97 Å². The highest BCUT2D eigenvalue weighted by Crippen LogP contribution is 2.36. The van der Waals surface area contributed by atoms with Crippen molar-refractivity contribution in [1.82, 2.24) is 14.8 Å². The molecule has 0 unspecified atom stereocenters. The lowest BCUT2D eigenvalue weighted by atomic mass is 9.95. The highest BCUT2D eigenvalue weighted by molar-refractivity contribution is 6.31. The zero-order valence-corrected chi connectivity index (χ0v) is 18.3. The Morgan fingerprint density at radius 3 is 2.65 bits per heavy atom. The third kappa shape index (κ3) is 4.41. The molecule has 3 aromatic rings. The number of hydrogen-bond acceptors (Lipinski definition) is 6. The normalized spacial score (nSPS) is 15.5. The predicted octanol–water partition coefficient (Wildman–Crippen LogP) is 4.75. The molecule has 0 saturated carbocycles. The van der Waals surface area contributed by atoms with E-state index in [-0.39, 0.29) is 12.1 Å². The Kier molecular flexibility index (Phi) is 5.95. The van der Waals surface area contributed by atoms with E-state index in [0.29, 0.717) is 34.6 Å². The fourth-order valence-corrected chi connectivity index (χ4v) is 3.65. The molecule has 31 heavy (non-hydrogen) atoms. The second kappa shape index (κ2) is 8.81. The third-order valence-corrected chi connectivity index (χ3v) is 5.27. The molecule has 4 rings (SSSR count). The van der Waals surface area contributed by atoms with Gasteiger partial charge in [0.2, 0.25) is 5.95 Å². The highest BCUT2D eigenvalue weighted by Gasteiger charge is 2.34. The first kappa shape index (κ1) is 20.9. The molecule has 0 saturated heterocycles. The monoisotopic (exact) mass is 438 g/mol. The summed E-state index contributed by atoms with van der Waals surface area (Å²) in [6.45, 7) is 5.85. The molecule has 1 N–H and O–H groups in total. The molecular weight excluding hydrogens is 416 g/mol. The maximum atomic E-state index is 12.9. The van der Waals surface area contributed by atoms with Gasteiger partial charge in [-0.3, -0.25) is 0 Å². The van der Waals surface area contributed by atoms with Gasteiger partial charge in [0.05, 0.1) is 11.7 Å². The quantitative estimate of drug-likeness (QED) is 0.559. The maximum Gasteiger partial charge on any atom is 0.338 e. The zero-order chi connectivity index (χ0) is 22.0. The van der Waals surface area contributed by atoms with Crippen molar-refractivity contribution in [2.45, 2.75) is 39.5 Å². The van der Waals surface area contributed by atoms with Crippen molar-refractivity contribution in [2.24, 2.45) is 0 Å². The van der Waals surface area contributed by atoms with Crippen molar-refractivity contribution in [1.29, 1.82) is 0 Å². The Morgan fingerprint density at radius 1 is 1.19 bits per heavy atom. The van der Waals surface area contributed by atoms with E-state index in [4.69, 9.17) is 21.1 Å². The summed E-state index contributed by atoms with van der Waals surface area (Å²) in [7, 11) is 0. The maximum absolute atomic E-state index is 12.9. The number of anilines is 1. The third-order valence-electron chi connectivity index (χ3n) is 4.91.